The summed E-state index contributed by atoms with van der Waals surface area (Å²) in [5.41, 5.74) is 25.9. The van der Waals surface area contributed by atoms with Crippen molar-refractivity contribution in [2.24, 2.45) is 35.1 Å². The van der Waals surface area contributed by atoms with Crippen LogP contribution in [0.25, 0.3) is 82.1 Å². The van der Waals surface area contributed by atoms with Gasteiger partial charge in [0.25, 0.3) is 23.6 Å². The third-order valence-electron chi connectivity index (χ3n) is 19.6. The van der Waals surface area contributed by atoms with Gasteiger partial charge in [-0.15, -0.1) is 65.7 Å². The highest BCUT2D eigenvalue weighted by molar-refractivity contribution is 7.23. The number of fused-ring (bicyclic) bond motifs is 4. The number of amides is 4. The highest BCUT2D eigenvalue weighted by Crippen LogP contribution is 2.42. The summed E-state index contributed by atoms with van der Waals surface area (Å²) in [5, 5.41) is 54.9. The number of benzene rings is 4. The minimum Gasteiger partial charge on any atom is -0.364 e. The molecule has 4 aromatic carbocycles. The molecule has 4 amide bonds. The zero-order valence-corrected chi connectivity index (χ0v) is 62.4. The lowest BCUT2D eigenvalue weighted by Crippen LogP contribution is -2.23. The standard InChI is InChI=1S/C21H24N4OS.C20H22N4OS.2C19H20N4OS/c1-13-4-6-15(7-5-13)18-11-16-17(10-14-8-9-22-12-14)23-24-19(20(16)27-18)21(26)25(2)3;1-12-3-5-14(6-4-12)17-10-15-16(9-13-7-8-22-11-13)23-24-18(19(15)26-17)20(25)21-2;2*1-11-2-4-13(5-3-11)16-9-14-15(8-12-6-7-21-10-12)22-23-17(19(20)24)18(14)25-16/h4-7,11,14,22H,8-10,12H2,1-3H3;3-6,10,13,22H,7-9,11H2,1-2H3,(H,21,25);2*2-5,9,12,21H,6-8,10H2,1H3,(H2,20,24). The maximum Gasteiger partial charge on any atom is 0.275 e. The van der Waals surface area contributed by atoms with E-state index in [4.69, 9.17) is 11.5 Å². The molecular weight excluding hydrogens is 1370 g/mol. The number of nitrogens with zero attached hydrogens (tertiary/aromatic N) is 9. The first-order valence-electron chi connectivity index (χ1n) is 35.2. The van der Waals surface area contributed by atoms with Gasteiger partial charge in [-0.05, 0) is 202 Å². The first kappa shape index (κ1) is 72.1. The number of carbonyl (C=O) groups is 4. The summed E-state index contributed by atoms with van der Waals surface area (Å²) in [5.74, 6) is 0.974. The highest BCUT2D eigenvalue weighted by Gasteiger charge is 2.28. The van der Waals surface area contributed by atoms with Crippen LogP contribution >= 0.6 is 45.3 Å². The smallest absolute Gasteiger partial charge is 0.275 e. The second-order valence-corrected chi connectivity index (χ2v) is 31.8. The van der Waals surface area contributed by atoms with Crippen LogP contribution in [0, 0.1) is 51.4 Å². The third-order valence-corrected chi connectivity index (χ3v) is 24.3. The van der Waals surface area contributed by atoms with Crippen molar-refractivity contribution < 1.29 is 19.2 Å². The van der Waals surface area contributed by atoms with E-state index in [9.17, 15) is 19.2 Å². The van der Waals surface area contributed by atoms with Gasteiger partial charge in [-0.3, -0.25) is 19.2 Å². The fourth-order valence-corrected chi connectivity index (χ4v) is 18.3. The van der Waals surface area contributed by atoms with Crippen LogP contribution in [0.2, 0.25) is 0 Å². The molecule has 530 valence electrons. The topological polar surface area (TPSA) is 287 Å². The van der Waals surface area contributed by atoms with E-state index in [-0.39, 0.29) is 23.2 Å². The number of nitrogens with two attached hydrogens (primary N) is 2. The summed E-state index contributed by atoms with van der Waals surface area (Å²) in [4.78, 5) is 54.5. The second-order valence-electron chi connectivity index (χ2n) is 27.6. The highest BCUT2D eigenvalue weighted by atomic mass is 32.1. The van der Waals surface area contributed by atoms with Crippen molar-refractivity contribution in [2.45, 2.75) is 79.1 Å². The van der Waals surface area contributed by atoms with Crippen molar-refractivity contribution in [3.63, 3.8) is 0 Å². The quantitative estimate of drug-likeness (QED) is 0.0473. The molecule has 8 aromatic heterocycles. The predicted octanol–water partition coefficient (Wildman–Crippen LogP) is 12.5. The molecule has 0 aliphatic carbocycles. The summed E-state index contributed by atoms with van der Waals surface area (Å²) in [7, 11) is 5.13. The van der Waals surface area contributed by atoms with Crippen LogP contribution < -0.4 is 38.1 Å². The van der Waals surface area contributed by atoms with E-state index in [1.807, 2.05) is 0 Å². The number of primary amides is 2. The molecule has 20 nitrogen and oxygen atoms in total. The number of hydrogen-bond donors (Lipinski definition) is 7. The molecule has 103 heavy (non-hydrogen) atoms. The van der Waals surface area contributed by atoms with Gasteiger partial charge in [0.05, 0.1) is 41.6 Å². The van der Waals surface area contributed by atoms with Crippen LogP contribution in [0.4, 0.5) is 0 Å². The first-order chi connectivity index (χ1) is 49.9. The zero-order valence-electron chi connectivity index (χ0n) is 59.1. The molecule has 4 aliphatic rings. The van der Waals surface area contributed by atoms with Crippen molar-refractivity contribution in [1.29, 1.82) is 0 Å². The number of thiophene rings is 4. The van der Waals surface area contributed by atoms with Crippen molar-refractivity contribution in [3.8, 4) is 41.8 Å². The maximum absolute atomic E-state index is 12.6. The summed E-state index contributed by atoms with van der Waals surface area (Å²) >= 11 is 6.38. The van der Waals surface area contributed by atoms with Gasteiger partial charge in [0.15, 0.2) is 22.8 Å². The second kappa shape index (κ2) is 32.6. The average molecular weight is 1450 g/mol. The van der Waals surface area contributed by atoms with Crippen LogP contribution in [0.5, 0.6) is 0 Å². The summed E-state index contributed by atoms with van der Waals surface area (Å²) in [6, 6.07) is 42.4. The Bertz CT molecular complexity index is 4870. The lowest BCUT2D eigenvalue weighted by Gasteiger charge is -2.12. The van der Waals surface area contributed by atoms with Gasteiger partial charge in [0.1, 0.15) is 0 Å². The normalized spacial score (nSPS) is 17.0. The minimum atomic E-state index is -0.524. The van der Waals surface area contributed by atoms with Crippen molar-refractivity contribution >= 4 is 109 Å². The molecule has 9 N–H and O–H groups in total. The van der Waals surface area contributed by atoms with E-state index < -0.39 is 11.8 Å². The van der Waals surface area contributed by atoms with Crippen LogP contribution in [-0.2, 0) is 25.7 Å². The molecule has 16 rings (SSSR count). The van der Waals surface area contributed by atoms with E-state index in [0.717, 1.165) is 203 Å². The molecule has 24 heteroatoms. The summed E-state index contributed by atoms with van der Waals surface area (Å²) < 4.78 is 3.56. The van der Waals surface area contributed by atoms with Gasteiger partial charge in [-0.25, -0.2) is 0 Å². The Morgan fingerprint density at radius 3 is 0.893 bits per heavy atom. The van der Waals surface area contributed by atoms with Gasteiger partial charge in [-0.2, -0.15) is 20.4 Å². The van der Waals surface area contributed by atoms with Gasteiger partial charge in [0.2, 0.25) is 0 Å². The van der Waals surface area contributed by atoms with E-state index in [2.05, 4.69) is 216 Å². The average Bonchev–Trinajstić information content (AvgIpc) is 1.66. The SMILES string of the molecule is CNC(=O)c1nnc(CC2CCNC2)c2cc(-c3ccc(C)cc3)sc12.Cc1ccc(-c2cc3c(CC4CCNC4)nnc(C(=O)N(C)C)c3s2)cc1.Cc1ccc(-c2cc3c(CC4CCNC4)nnc(C(N)=O)c3s2)cc1.Cc1ccc(-c2cc3c(CC4CCNC4)nnc(C(N)=O)c3s2)cc1. The molecule has 0 radical (unpaired) electrons. The molecular formula is C79H86N16O4S4. The molecule has 4 saturated heterocycles. The van der Waals surface area contributed by atoms with Crippen LogP contribution in [0.1, 0.15) is 113 Å². The number of aromatic nitrogens is 8. The Morgan fingerprint density at radius 1 is 0.398 bits per heavy atom. The molecule has 0 bridgehead atoms. The van der Waals surface area contributed by atoms with E-state index in [1.165, 1.54) is 27.8 Å². The Labute approximate surface area is 615 Å². The van der Waals surface area contributed by atoms with Crippen LogP contribution in [0.15, 0.2) is 121 Å². The van der Waals surface area contributed by atoms with E-state index in [0.29, 0.717) is 35.1 Å². The summed E-state index contributed by atoms with van der Waals surface area (Å²) in [6.45, 7) is 16.6. The van der Waals surface area contributed by atoms with Gasteiger partial charge < -0.3 is 43.0 Å². The van der Waals surface area contributed by atoms with E-state index >= 15 is 0 Å². The Kier molecular flexibility index (Phi) is 22.8. The van der Waals surface area contributed by atoms with Crippen molar-refractivity contribution in [2.75, 3.05) is 73.5 Å². The van der Waals surface area contributed by atoms with Crippen molar-refractivity contribution in [1.82, 2.24) is 72.3 Å². The predicted molar refractivity (Wildman–Crippen MR) is 418 cm³/mol. The number of rotatable bonds is 16. The molecule has 0 saturated carbocycles. The lowest BCUT2D eigenvalue weighted by molar-refractivity contribution is 0.0822. The monoisotopic (exact) mass is 1450 g/mol. The third kappa shape index (κ3) is 16.9. The van der Waals surface area contributed by atoms with E-state index in [1.54, 1.807) is 71.4 Å². The number of aryl methyl sites for hydroxylation is 4. The Hall–Kier alpha value is -9.24. The molecule has 0 spiro atoms. The van der Waals surface area contributed by atoms with Gasteiger partial charge in [-0.1, -0.05) is 119 Å². The molecule has 4 atom stereocenters. The lowest BCUT2D eigenvalue weighted by atomic mass is 10.00. The zero-order chi connectivity index (χ0) is 71.8. The number of hydrogen-bond acceptors (Lipinski definition) is 20. The maximum atomic E-state index is 12.6. The molecule has 4 fully saturated rings. The molecule has 4 unspecified atom stereocenters. The molecule has 12 aromatic rings. The Morgan fingerprint density at radius 2 is 0.650 bits per heavy atom. The van der Waals surface area contributed by atoms with Crippen molar-refractivity contribution in [3.05, 3.63) is 189 Å². The van der Waals surface area contributed by atoms with Gasteiger partial charge >= 0.3 is 0 Å². The van der Waals surface area contributed by atoms with Gasteiger partial charge in [0, 0.05) is 62.2 Å². The minimum absolute atomic E-state index is 0.0983. The van der Waals surface area contributed by atoms with Crippen LogP contribution in [0.3, 0.4) is 0 Å². The number of carbonyl (C=O) groups excluding carboxylic acids is 4. The largest absolute Gasteiger partial charge is 0.364 e. The summed E-state index contributed by atoms with van der Waals surface area (Å²) in [6.07, 6.45) is 8.17. The molecule has 12 heterocycles. The Balaban J connectivity index is 0.000000122. The number of nitrogens with one attached hydrogen (secondary N) is 5. The first-order valence-corrected chi connectivity index (χ1v) is 38.5. The fraction of sp³-hybridized carbons (Fsp3) is 0.342. The molecule has 4 aliphatic heterocycles. The fourth-order valence-electron chi connectivity index (χ4n) is 13.6. The van der Waals surface area contributed by atoms with Crippen LogP contribution in [-0.4, -0.2) is 143 Å².